The van der Waals surface area contributed by atoms with Crippen molar-refractivity contribution in [3.8, 4) is 0 Å². The van der Waals surface area contributed by atoms with E-state index in [1.165, 1.54) is 33.4 Å². The first kappa shape index (κ1) is 91.7. The Hall–Kier alpha value is -12.2. The van der Waals surface area contributed by atoms with Crippen LogP contribution in [-0.2, 0) is 20.5 Å². The van der Waals surface area contributed by atoms with Crippen molar-refractivity contribution in [1.29, 1.82) is 0 Å². The first-order chi connectivity index (χ1) is 56.1. The van der Waals surface area contributed by atoms with Crippen molar-refractivity contribution in [3.05, 3.63) is 207 Å². The van der Waals surface area contributed by atoms with Gasteiger partial charge in [0, 0.05) is 78.4 Å². The van der Waals surface area contributed by atoms with Crippen LogP contribution in [-0.4, -0.2) is 114 Å². The van der Waals surface area contributed by atoms with Crippen LogP contribution >= 0.6 is 0 Å². The van der Waals surface area contributed by atoms with Crippen LogP contribution < -0.4 is 42.6 Å². The van der Waals surface area contributed by atoms with Gasteiger partial charge in [-0.15, -0.1) is 0 Å². The van der Waals surface area contributed by atoms with Crippen molar-refractivity contribution in [3.63, 3.8) is 0 Å². The second-order valence-electron chi connectivity index (χ2n) is 37.4. The number of H-pyrrole nitrogens is 5. The van der Waals surface area contributed by atoms with Crippen LogP contribution in [0, 0.1) is 53.9 Å². The van der Waals surface area contributed by atoms with Gasteiger partial charge in [-0.25, -0.2) is 29.9 Å². The standard InChI is InChI=1S/3C13H19N3.C13H18N2.C12H17N3.C12H14N2O.C10H14N4.C10H12N2O/c1-8-6-10-11(7-9(8)2)15-12(14-10)16-13(3,4)5;1-9-6-7-11-10(8-9)14-12(16(11)5)15-13(2,3)4;1-8-6-7-10-11(9(8)2)15-12(14-10)16-13(3,4)5;1-9-5-6-10-11(7-9)15-12(14-10)8-13(2,3)4;1-12(2,3)14-11-13-9-7-5-6-8-10(9)15(11)4;1-8(2)13-12-7-11(15)9-5-3-4-6-10(9)14-12;1-6(2)12-10-13-8-4-7(3)5-11-9(8)14-10;1-7(2)11-10-12-8-5-3-4-6-9(8)13-10/h6-7H,1-5H3,(H2,14,15,16);6-8H,1-5H3,(H,14,15);6-7H,1-5H3,(H2,14,15,16);5-7H,8H2,1-4H3,(H,14,15);5-8H,1-4H3,(H,13,14);3-8H,1-2H3,(H2,13,14,15);4-6H,1-3H3,(H2,11,12,13,14);3-7H,1-2H3,(H,11,12). The SMILES string of the molecule is CC(C)Nc1cc(=O)c2ccccc2[nH]1.CC(C)Nc1nc2ccccc2o1.Cc1cc2nc(NC(C)(C)C)[nH]c2cc1C.Cc1ccc2[nH]c(NC(C)(C)C)nc2c1C.Cc1ccc2c(c1)nc(NC(C)(C)C)n2C.Cc1ccc2nc(CC(C)(C)C)[nH]c2c1.Cc1cnc2nc(NC(C)C)[nH]c2c1.Cn1c(NC(C)(C)C)nc2ccccc21. The summed E-state index contributed by atoms with van der Waals surface area (Å²) in [4.78, 5) is 63.8. The fourth-order valence-corrected chi connectivity index (χ4v) is 12.6. The molecule has 0 fully saturated rings. The summed E-state index contributed by atoms with van der Waals surface area (Å²) in [5.41, 5.74) is 24.4. The van der Waals surface area contributed by atoms with E-state index >= 15 is 0 Å². The minimum absolute atomic E-state index is 0.0246. The summed E-state index contributed by atoms with van der Waals surface area (Å²) >= 11 is 0. The van der Waals surface area contributed by atoms with Crippen LogP contribution in [0.2, 0.25) is 0 Å². The van der Waals surface area contributed by atoms with Gasteiger partial charge in [-0.1, -0.05) is 75.4 Å². The predicted molar refractivity (Wildman–Crippen MR) is 508 cm³/mol. The van der Waals surface area contributed by atoms with E-state index in [1.54, 1.807) is 6.07 Å². The summed E-state index contributed by atoms with van der Waals surface area (Å²) in [6.45, 7) is 59.2. The number of nitrogens with one attached hydrogen (secondary N) is 12. The van der Waals surface area contributed by atoms with Crippen LogP contribution in [0.5, 0.6) is 0 Å². The number of nitrogens with zero attached hydrogens (tertiary/aromatic N) is 10. The van der Waals surface area contributed by atoms with Crippen LogP contribution in [0.15, 0.2) is 161 Å². The summed E-state index contributed by atoms with van der Waals surface area (Å²) in [5, 5.41) is 23.7. The lowest BCUT2D eigenvalue weighted by atomic mass is 9.92. The molecule has 0 amide bonds. The molecule has 0 saturated heterocycles. The molecule has 0 spiro atoms. The molecule has 0 atom stereocenters. The molecule has 0 radical (unpaired) electrons. The van der Waals surface area contributed by atoms with Gasteiger partial charge in [0.25, 0.3) is 6.01 Å². The Morgan fingerprint density at radius 3 is 1.55 bits per heavy atom. The highest BCUT2D eigenvalue weighted by Gasteiger charge is 2.20. The molecule has 0 aliphatic rings. The molecule has 0 aliphatic heterocycles. The topological polar surface area (TPSA) is 306 Å². The van der Waals surface area contributed by atoms with Gasteiger partial charge < -0.3 is 75.7 Å². The lowest BCUT2D eigenvalue weighted by molar-refractivity contribution is 0.402. The Bertz CT molecular complexity index is 6040. The summed E-state index contributed by atoms with van der Waals surface area (Å²) in [7, 11) is 4.07. The quantitative estimate of drug-likeness (QED) is 0.0573. The van der Waals surface area contributed by atoms with E-state index in [0.717, 1.165) is 142 Å². The third kappa shape index (κ3) is 27.4. The first-order valence-electron chi connectivity index (χ1n) is 41.5. The monoisotopic (exact) mass is 1630 g/mol. The number of benzene rings is 7. The Kier molecular flexibility index (Phi) is 29.5. The van der Waals surface area contributed by atoms with Crippen LogP contribution in [0.25, 0.3) is 88.3 Å². The van der Waals surface area contributed by atoms with E-state index in [9.17, 15) is 4.79 Å². The van der Waals surface area contributed by atoms with Crippen molar-refractivity contribution in [2.75, 3.05) is 37.2 Å². The fourth-order valence-electron chi connectivity index (χ4n) is 12.6. The van der Waals surface area contributed by atoms with E-state index in [1.807, 2.05) is 114 Å². The van der Waals surface area contributed by atoms with Crippen LogP contribution in [0.3, 0.4) is 0 Å². The van der Waals surface area contributed by atoms with Crippen molar-refractivity contribution in [2.45, 2.75) is 241 Å². The third-order valence-electron chi connectivity index (χ3n) is 18.2. The number of hydrogen-bond donors (Lipinski definition) is 12. The molecule has 0 aliphatic carbocycles. The summed E-state index contributed by atoms with van der Waals surface area (Å²) < 4.78 is 9.64. The number of oxazole rings is 1. The van der Waals surface area contributed by atoms with Crippen LogP contribution in [0.1, 0.15) is 190 Å². The molecule has 0 saturated carbocycles. The minimum atomic E-state index is 0.0246. The maximum Gasteiger partial charge on any atom is 0.295 e. The molecule has 16 aromatic rings. The highest BCUT2D eigenvalue weighted by molar-refractivity contribution is 5.84. The third-order valence-corrected chi connectivity index (χ3v) is 18.2. The average Bonchev–Trinajstić information content (AvgIpc) is 1.55. The predicted octanol–water partition coefficient (Wildman–Crippen LogP) is 23.2. The van der Waals surface area contributed by atoms with Crippen LogP contribution in [0.4, 0.5) is 41.6 Å². The lowest BCUT2D eigenvalue weighted by Gasteiger charge is -2.21. The second-order valence-corrected chi connectivity index (χ2v) is 37.4. The zero-order valence-electron chi connectivity index (χ0n) is 76.7. The van der Waals surface area contributed by atoms with Gasteiger partial charge in [-0.2, -0.15) is 9.97 Å². The average molecular weight is 1630 g/mol. The minimum Gasteiger partial charge on any atom is -0.424 e. The van der Waals surface area contributed by atoms with Gasteiger partial charge in [-0.3, -0.25) is 4.79 Å². The molecular formula is C96H132N22O2. The van der Waals surface area contributed by atoms with Gasteiger partial charge in [0.05, 0.1) is 66.2 Å². The first-order valence-corrected chi connectivity index (χ1v) is 41.5. The number of pyridine rings is 2. The van der Waals surface area contributed by atoms with Crippen molar-refractivity contribution in [2.24, 2.45) is 19.5 Å². The Labute approximate surface area is 708 Å². The summed E-state index contributed by atoms with van der Waals surface area (Å²) in [5.74, 6) is 6.17. The van der Waals surface area contributed by atoms with Crippen molar-refractivity contribution in [1.82, 2.24) is 73.9 Å². The molecule has 7 aromatic carbocycles. The molecule has 9 aromatic heterocycles. The maximum absolute atomic E-state index is 11.7. The molecule has 120 heavy (non-hydrogen) atoms. The highest BCUT2D eigenvalue weighted by atomic mass is 16.4. The zero-order valence-corrected chi connectivity index (χ0v) is 76.7. The van der Waals surface area contributed by atoms with Gasteiger partial charge in [-0.05, 0) is 302 Å². The van der Waals surface area contributed by atoms with E-state index in [-0.39, 0.29) is 33.0 Å². The highest BCUT2D eigenvalue weighted by Crippen LogP contribution is 2.28. The number of para-hydroxylation sites is 5. The fraction of sp³-hybridized carbons (Fsp3) is 0.406. The number of rotatable bonds is 11. The molecule has 24 nitrogen and oxygen atoms in total. The summed E-state index contributed by atoms with van der Waals surface area (Å²) in [6, 6.07) is 49.8. The molecule has 12 N–H and O–H groups in total. The molecule has 0 bridgehead atoms. The molecular weight excluding hydrogens is 1490 g/mol. The number of fused-ring (bicyclic) bond motifs is 8. The smallest absolute Gasteiger partial charge is 0.295 e. The maximum atomic E-state index is 11.7. The Balaban J connectivity index is 0.000000156. The Morgan fingerprint density at radius 1 is 0.400 bits per heavy atom. The second kappa shape index (κ2) is 38.7. The largest absolute Gasteiger partial charge is 0.424 e. The normalized spacial score (nSPS) is 11.7. The van der Waals surface area contributed by atoms with E-state index in [0.29, 0.717) is 24.1 Å². The van der Waals surface area contributed by atoms with E-state index < -0.39 is 0 Å². The number of anilines is 7. The van der Waals surface area contributed by atoms with Crippen molar-refractivity contribution < 1.29 is 4.42 Å². The number of aromatic nitrogens is 15. The van der Waals surface area contributed by atoms with Gasteiger partial charge in [0.15, 0.2) is 16.7 Å². The lowest BCUT2D eigenvalue weighted by Crippen LogP contribution is -2.27. The van der Waals surface area contributed by atoms with Crippen molar-refractivity contribution >= 4 is 130 Å². The molecule has 9 heterocycles. The molecule has 24 heteroatoms. The Morgan fingerprint density at radius 2 is 0.933 bits per heavy atom. The zero-order chi connectivity index (χ0) is 88.1. The molecule has 16 rings (SSSR count). The van der Waals surface area contributed by atoms with Gasteiger partial charge >= 0.3 is 0 Å². The van der Waals surface area contributed by atoms with E-state index in [4.69, 9.17) is 4.42 Å². The number of aryl methyl sites for hydroxylation is 9. The molecule has 638 valence electrons. The van der Waals surface area contributed by atoms with E-state index in [2.05, 4.69) is 351 Å². The van der Waals surface area contributed by atoms with Gasteiger partial charge in [0.2, 0.25) is 29.7 Å². The number of aromatic amines is 5. The number of imidazole rings is 6. The molecule has 0 unspecified atom stereocenters. The number of hydrogen-bond acceptors (Lipinski definition) is 17. The van der Waals surface area contributed by atoms with Gasteiger partial charge in [0.1, 0.15) is 17.2 Å². The summed E-state index contributed by atoms with van der Waals surface area (Å²) in [6.07, 6.45) is 2.81.